The highest BCUT2D eigenvalue weighted by Crippen LogP contribution is 2.28. The molecule has 1 atom stereocenters. The van der Waals surface area contributed by atoms with Crippen molar-refractivity contribution in [3.8, 4) is 5.75 Å². The van der Waals surface area contributed by atoms with Crippen LogP contribution in [0.2, 0.25) is 0 Å². The average molecular weight is 437 g/mol. The summed E-state index contributed by atoms with van der Waals surface area (Å²) in [7, 11) is 1.63. The summed E-state index contributed by atoms with van der Waals surface area (Å²) in [5.74, 6) is 0.731. The van der Waals surface area contributed by atoms with Crippen molar-refractivity contribution in [2.75, 3.05) is 33.3 Å². The van der Waals surface area contributed by atoms with Gasteiger partial charge in [-0.05, 0) is 29.8 Å². The number of piperazine rings is 1. The van der Waals surface area contributed by atoms with Gasteiger partial charge in [0.15, 0.2) is 11.5 Å². The summed E-state index contributed by atoms with van der Waals surface area (Å²) in [5, 5.41) is 8.35. The van der Waals surface area contributed by atoms with Crippen molar-refractivity contribution >= 4 is 11.8 Å². The molecule has 4 heterocycles. The summed E-state index contributed by atoms with van der Waals surface area (Å²) in [6.45, 7) is 2.45. The topological polar surface area (TPSA) is 103 Å². The molecule has 0 bridgehead atoms. The first-order valence-corrected chi connectivity index (χ1v) is 10.4. The predicted octanol–water partition coefficient (Wildman–Crippen LogP) is 1.75. The van der Waals surface area contributed by atoms with Crippen LogP contribution in [0.1, 0.15) is 38.4 Å². The second-order valence-corrected chi connectivity index (χ2v) is 7.70. The fraction of sp³-hybridized carbons (Fsp3) is 0.364. The number of carbonyl (C=O) groups is 2. The van der Waals surface area contributed by atoms with E-state index in [0.29, 0.717) is 49.9 Å². The Morgan fingerprint density at radius 1 is 1.03 bits per heavy atom. The van der Waals surface area contributed by atoms with Gasteiger partial charge in [-0.25, -0.2) is 4.68 Å². The third-order valence-electron chi connectivity index (χ3n) is 5.87. The van der Waals surface area contributed by atoms with Crippen LogP contribution in [0.15, 0.2) is 47.1 Å². The van der Waals surface area contributed by atoms with Crippen molar-refractivity contribution in [1.82, 2.24) is 24.8 Å². The Bertz CT molecular complexity index is 1100. The largest absolute Gasteiger partial charge is 0.497 e. The van der Waals surface area contributed by atoms with E-state index in [1.807, 2.05) is 24.3 Å². The minimum Gasteiger partial charge on any atom is -0.497 e. The molecule has 1 fully saturated rings. The van der Waals surface area contributed by atoms with E-state index in [4.69, 9.17) is 13.9 Å². The Morgan fingerprint density at radius 3 is 2.41 bits per heavy atom. The van der Waals surface area contributed by atoms with E-state index in [1.165, 1.54) is 6.26 Å². The quantitative estimate of drug-likeness (QED) is 0.613. The molecule has 1 unspecified atom stereocenters. The number of methoxy groups -OCH3 is 1. The first-order chi connectivity index (χ1) is 15.6. The summed E-state index contributed by atoms with van der Waals surface area (Å²) in [4.78, 5) is 28.9. The second-order valence-electron chi connectivity index (χ2n) is 7.70. The lowest BCUT2D eigenvalue weighted by Gasteiger charge is -2.34. The summed E-state index contributed by atoms with van der Waals surface area (Å²) >= 11 is 0. The molecule has 2 amide bonds. The van der Waals surface area contributed by atoms with Gasteiger partial charge < -0.3 is 23.7 Å². The summed E-state index contributed by atoms with van der Waals surface area (Å²) in [6, 6.07) is 11.0. The van der Waals surface area contributed by atoms with Crippen LogP contribution in [0.25, 0.3) is 0 Å². The van der Waals surface area contributed by atoms with E-state index in [1.54, 1.807) is 33.7 Å². The van der Waals surface area contributed by atoms with Crippen LogP contribution in [-0.4, -0.2) is 69.9 Å². The molecule has 32 heavy (non-hydrogen) atoms. The molecule has 166 valence electrons. The number of carbonyl (C=O) groups excluding carboxylic acids is 2. The fourth-order valence-corrected chi connectivity index (χ4v) is 4.02. The highest BCUT2D eigenvalue weighted by Gasteiger charge is 2.32. The molecule has 2 aliphatic rings. The number of amides is 2. The average Bonchev–Trinajstić information content (AvgIpc) is 3.53. The summed E-state index contributed by atoms with van der Waals surface area (Å²) in [5.41, 5.74) is 2.00. The minimum absolute atomic E-state index is 0.166. The lowest BCUT2D eigenvalue weighted by atomic mass is 10.1. The van der Waals surface area contributed by atoms with Crippen molar-refractivity contribution in [2.24, 2.45) is 0 Å². The van der Waals surface area contributed by atoms with Gasteiger partial charge in [-0.3, -0.25) is 9.59 Å². The standard InChI is InChI=1S/C22H23N5O5/c1-30-16-6-4-15(5-7-16)19-13-27-17(14-32-19)20(23-24-27)22(29)26-10-8-25(9-11-26)21(28)18-3-2-12-31-18/h2-7,12,19H,8-11,13-14H2,1H3. The van der Waals surface area contributed by atoms with E-state index in [-0.39, 0.29) is 24.5 Å². The molecule has 0 N–H and O–H groups in total. The number of hydrogen-bond acceptors (Lipinski definition) is 7. The lowest BCUT2D eigenvalue weighted by molar-refractivity contribution is -0.00205. The Labute approximate surface area is 184 Å². The highest BCUT2D eigenvalue weighted by atomic mass is 16.5. The third-order valence-corrected chi connectivity index (χ3v) is 5.87. The minimum atomic E-state index is -0.192. The second kappa shape index (κ2) is 8.46. The number of hydrogen-bond donors (Lipinski definition) is 0. The molecule has 0 spiro atoms. The zero-order valence-electron chi connectivity index (χ0n) is 17.6. The molecule has 3 aromatic rings. The van der Waals surface area contributed by atoms with Gasteiger partial charge in [-0.1, -0.05) is 17.3 Å². The van der Waals surface area contributed by atoms with E-state index >= 15 is 0 Å². The van der Waals surface area contributed by atoms with E-state index in [0.717, 1.165) is 11.3 Å². The monoisotopic (exact) mass is 437 g/mol. The first-order valence-electron chi connectivity index (χ1n) is 10.4. The molecule has 0 radical (unpaired) electrons. The van der Waals surface area contributed by atoms with Crippen molar-refractivity contribution in [3.63, 3.8) is 0 Å². The van der Waals surface area contributed by atoms with Gasteiger partial charge in [0, 0.05) is 26.2 Å². The number of ether oxygens (including phenoxy) is 2. The molecule has 10 heteroatoms. The van der Waals surface area contributed by atoms with E-state index < -0.39 is 0 Å². The van der Waals surface area contributed by atoms with Gasteiger partial charge in [0.25, 0.3) is 11.8 Å². The third kappa shape index (κ3) is 3.73. The number of fused-ring (bicyclic) bond motifs is 1. The summed E-state index contributed by atoms with van der Waals surface area (Å²) < 4.78 is 18.1. The van der Waals surface area contributed by atoms with Crippen LogP contribution >= 0.6 is 0 Å². The number of benzene rings is 1. The predicted molar refractivity (Wildman–Crippen MR) is 111 cm³/mol. The highest BCUT2D eigenvalue weighted by molar-refractivity contribution is 5.94. The number of aromatic nitrogens is 3. The Morgan fingerprint density at radius 2 is 1.75 bits per heavy atom. The maximum atomic E-state index is 13.1. The van der Waals surface area contributed by atoms with Crippen molar-refractivity contribution in [2.45, 2.75) is 19.3 Å². The van der Waals surface area contributed by atoms with Crippen LogP contribution < -0.4 is 4.74 Å². The van der Waals surface area contributed by atoms with Gasteiger partial charge in [-0.2, -0.15) is 0 Å². The fourth-order valence-electron chi connectivity index (χ4n) is 4.02. The molecule has 2 aliphatic heterocycles. The van der Waals surface area contributed by atoms with Crippen LogP contribution in [-0.2, 0) is 17.9 Å². The van der Waals surface area contributed by atoms with Crippen molar-refractivity contribution < 1.29 is 23.5 Å². The number of nitrogens with zero attached hydrogens (tertiary/aromatic N) is 5. The maximum absolute atomic E-state index is 13.1. The SMILES string of the molecule is COc1ccc(C2Cn3nnc(C(=O)N4CCN(C(=O)c5ccco5)CC4)c3CO2)cc1. The summed E-state index contributed by atoms with van der Waals surface area (Å²) in [6.07, 6.45) is 1.30. The Balaban J connectivity index is 1.23. The lowest BCUT2D eigenvalue weighted by Crippen LogP contribution is -2.50. The molecule has 0 saturated carbocycles. The zero-order chi connectivity index (χ0) is 22.1. The maximum Gasteiger partial charge on any atom is 0.289 e. The van der Waals surface area contributed by atoms with Gasteiger partial charge in [0.05, 0.1) is 32.2 Å². The molecule has 0 aliphatic carbocycles. The van der Waals surface area contributed by atoms with Gasteiger partial charge in [0.1, 0.15) is 11.9 Å². The molecule has 5 rings (SSSR count). The smallest absolute Gasteiger partial charge is 0.289 e. The van der Waals surface area contributed by atoms with Crippen LogP contribution in [0.4, 0.5) is 0 Å². The van der Waals surface area contributed by atoms with E-state index in [9.17, 15) is 9.59 Å². The van der Waals surface area contributed by atoms with Crippen LogP contribution in [0.5, 0.6) is 5.75 Å². The molecular weight excluding hydrogens is 414 g/mol. The van der Waals surface area contributed by atoms with Gasteiger partial charge in [0.2, 0.25) is 0 Å². The number of furan rings is 1. The molecule has 10 nitrogen and oxygen atoms in total. The van der Waals surface area contributed by atoms with Crippen molar-refractivity contribution in [3.05, 3.63) is 65.4 Å². The molecule has 2 aromatic heterocycles. The van der Waals surface area contributed by atoms with Crippen LogP contribution in [0.3, 0.4) is 0 Å². The first kappa shape index (κ1) is 20.3. The van der Waals surface area contributed by atoms with Crippen LogP contribution in [0, 0.1) is 0 Å². The zero-order valence-corrected chi connectivity index (χ0v) is 17.6. The number of rotatable bonds is 4. The molecular formula is C22H23N5O5. The Kier molecular flexibility index (Phi) is 5.36. The van der Waals surface area contributed by atoms with E-state index in [2.05, 4.69) is 10.3 Å². The van der Waals surface area contributed by atoms with Gasteiger partial charge in [-0.15, -0.1) is 5.10 Å². The molecule has 1 aromatic carbocycles. The van der Waals surface area contributed by atoms with Crippen molar-refractivity contribution in [1.29, 1.82) is 0 Å². The molecule has 1 saturated heterocycles. The normalized spacial score (nSPS) is 18.3. The Hall–Kier alpha value is -3.66. The van der Waals surface area contributed by atoms with Gasteiger partial charge >= 0.3 is 0 Å².